The Bertz CT molecular complexity index is 2050. The van der Waals surface area contributed by atoms with Gasteiger partial charge in [0.25, 0.3) is 11.5 Å². The highest BCUT2D eigenvalue weighted by Gasteiger charge is 2.33. The minimum Gasteiger partial charge on any atom is -0.497 e. The molecule has 0 saturated heterocycles. The van der Waals surface area contributed by atoms with Crippen LogP contribution in [0.2, 0.25) is 0 Å². The maximum atomic E-state index is 14.0. The summed E-state index contributed by atoms with van der Waals surface area (Å²) < 4.78 is 6.95. The molecule has 1 aliphatic rings. The Hall–Kier alpha value is -5.82. The monoisotopic (exact) mass is 576 g/mol. The number of aromatic nitrogens is 2. The first-order valence-electron chi connectivity index (χ1n) is 14.4. The van der Waals surface area contributed by atoms with Gasteiger partial charge in [0.05, 0.1) is 35.5 Å². The van der Waals surface area contributed by atoms with Crippen molar-refractivity contribution >= 4 is 22.5 Å². The molecule has 0 aliphatic carbocycles. The summed E-state index contributed by atoms with van der Waals surface area (Å²) >= 11 is 0. The number of methoxy groups -OCH3 is 1. The van der Waals surface area contributed by atoms with Crippen LogP contribution in [-0.2, 0) is 0 Å². The molecule has 7 heteroatoms. The fourth-order valence-electron chi connectivity index (χ4n) is 5.63. The molecule has 5 aromatic carbocycles. The van der Waals surface area contributed by atoms with Crippen molar-refractivity contribution in [2.75, 3.05) is 7.11 Å². The normalized spacial score (nSPS) is 14.4. The van der Waals surface area contributed by atoms with Gasteiger partial charge in [0.2, 0.25) is 0 Å². The highest BCUT2D eigenvalue weighted by atomic mass is 16.5. The molecule has 0 saturated carbocycles. The van der Waals surface area contributed by atoms with E-state index in [1.807, 2.05) is 103 Å². The van der Waals surface area contributed by atoms with Gasteiger partial charge >= 0.3 is 0 Å². The van der Waals surface area contributed by atoms with Crippen molar-refractivity contribution in [2.45, 2.75) is 12.5 Å². The van der Waals surface area contributed by atoms with Gasteiger partial charge in [-0.05, 0) is 59.7 Å². The van der Waals surface area contributed by atoms with Crippen molar-refractivity contribution in [2.24, 2.45) is 5.10 Å². The van der Waals surface area contributed by atoms with Crippen molar-refractivity contribution in [1.29, 1.82) is 0 Å². The van der Waals surface area contributed by atoms with Crippen molar-refractivity contribution in [3.8, 4) is 22.8 Å². The van der Waals surface area contributed by atoms with Crippen molar-refractivity contribution in [3.63, 3.8) is 0 Å². The molecule has 2 heterocycles. The van der Waals surface area contributed by atoms with Crippen LogP contribution in [0.1, 0.15) is 33.9 Å². The van der Waals surface area contributed by atoms with Gasteiger partial charge in [-0.25, -0.2) is 9.99 Å². The summed E-state index contributed by atoms with van der Waals surface area (Å²) in [6.07, 6.45) is 0.582. The zero-order valence-corrected chi connectivity index (χ0v) is 24.0. The number of fused-ring (bicyclic) bond motifs is 1. The van der Waals surface area contributed by atoms with Crippen molar-refractivity contribution in [3.05, 3.63) is 161 Å². The highest BCUT2D eigenvalue weighted by Crippen LogP contribution is 2.35. The number of carbonyl (C=O) groups is 1. The fourth-order valence-corrected chi connectivity index (χ4v) is 5.63. The molecule has 7 nitrogen and oxygen atoms in total. The number of amides is 1. The number of benzene rings is 5. The summed E-state index contributed by atoms with van der Waals surface area (Å²) in [5.41, 5.74) is 5.14. The van der Waals surface area contributed by atoms with E-state index in [1.165, 1.54) is 0 Å². The average molecular weight is 577 g/mol. The minimum absolute atomic E-state index is 0.176. The van der Waals surface area contributed by atoms with E-state index in [0.717, 1.165) is 28.2 Å². The lowest BCUT2D eigenvalue weighted by molar-refractivity contribution is 0.0711. The van der Waals surface area contributed by atoms with Crippen LogP contribution < -0.4 is 10.3 Å². The van der Waals surface area contributed by atoms with Crippen LogP contribution in [-0.4, -0.2) is 33.3 Å². The Kier molecular flexibility index (Phi) is 7.04. The molecule has 0 bridgehead atoms. The molecule has 44 heavy (non-hydrogen) atoms. The first kappa shape index (κ1) is 27.0. The maximum absolute atomic E-state index is 14.0. The lowest BCUT2D eigenvalue weighted by Crippen LogP contribution is -2.27. The van der Waals surface area contributed by atoms with Crippen molar-refractivity contribution in [1.82, 2.24) is 14.6 Å². The number of para-hydroxylation sites is 1. The SMILES string of the molecule is COc1ccc(C2CC(c3ccccc3)=NN2C(=O)c2ccc(-n3c(-c4ccccc4)nc4ccccc4c3=O)cc2)cc1. The summed E-state index contributed by atoms with van der Waals surface area (Å²) in [7, 11) is 1.63. The van der Waals surface area contributed by atoms with Gasteiger partial charge in [0.15, 0.2) is 0 Å². The van der Waals surface area contributed by atoms with E-state index in [4.69, 9.17) is 14.8 Å². The Balaban J connectivity index is 1.27. The third kappa shape index (κ3) is 4.94. The number of hydrogen-bond acceptors (Lipinski definition) is 5. The van der Waals surface area contributed by atoms with Crippen LogP contribution in [0, 0.1) is 0 Å². The smallest absolute Gasteiger partial charge is 0.274 e. The summed E-state index contributed by atoms with van der Waals surface area (Å²) in [4.78, 5) is 32.7. The van der Waals surface area contributed by atoms with E-state index >= 15 is 0 Å². The fraction of sp³-hybridized carbons (Fsp3) is 0.0811. The van der Waals surface area contributed by atoms with Crippen LogP contribution in [0.15, 0.2) is 143 Å². The second-order valence-electron chi connectivity index (χ2n) is 10.6. The Morgan fingerprint density at radius 2 is 1.39 bits per heavy atom. The predicted molar refractivity (Wildman–Crippen MR) is 172 cm³/mol. The predicted octanol–water partition coefficient (Wildman–Crippen LogP) is 7.05. The van der Waals surface area contributed by atoms with E-state index in [1.54, 1.807) is 47.0 Å². The maximum Gasteiger partial charge on any atom is 0.274 e. The van der Waals surface area contributed by atoms with Crippen LogP contribution >= 0.6 is 0 Å². The summed E-state index contributed by atoms with van der Waals surface area (Å²) in [6, 6.07) is 41.4. The largest absolute Gasteiger partial charge is 0.497 e. The molecule has 1 aliphatic heterocycles. The standard InChI is InChI=1S/C37H28N4O3/c1-44-30-22-18-26(19-23-30)34-24-33(25-10-4-2-5-11-25)39-41(34)36(42)28-16-20-29(21-17-28)40-35(27-12-6-3-7-13-27)38-32-15-9-8-14-31(32)37(40)43/h2-23,34H,24H2,1H3. The molecule has 1 aromatic heterocycles. The lowest BCUT2D eigenvalue weighted by atomic mass is 9.98. The zero-order chi connectivity index (χ0) is 30.0. The van der Waals surface area contributed by atoms with Crippen molar-refractivity contribution < 1.29 is 9.53 Å². The third-order valence-corrected chi connectivity index (χ3v) is 7.91. The third-order valence-electron chi connectivity index (χ3n) is 7.91. The lowest BCUT2D eigenvalue weighted by Gasteiger charge is -2.22. The minimum atomic E-state index is -0.278. The van der Waals surface area contributed by atoms with E-state index in [2.05, 4.69) is 0 Å². The van der Waals surface area contributed by atoms with E-state index in [-0.39, 0.29) is 17.5 Å². The molecule has 7 rings (SSSR count). The first-order valence-corrected chi connectivity index (χ1v) is 14.4. The van der Waals surface area contributed by atoms with E-state index in [0.29, 0.717) is 34.4 Å². The Morgan fingerprint density at radius 3 is 2.07 bits per heavy atom. The molecule has 1 atom stereocenters. The molecule has 0 spiro atoms. The summed E-state index contributed by atoms with van der Waals surface area (Å²) in [5, 5.41) is 6.91. The molecule has 0 radical (unpaired) electrons. The second-order valence-corrected chi connectivity index (χ2v) is 10.6. The van der Waals surface area contributed by atoms with E-state index in [9.17, 15) is 9.59 Å². The average Bonchev–Trinajstić information content (AvgIpc) is 3.54. The van der Waals surface area contributed by atoms with Gasteiger partial charge in [-0.2, -0.15) is 5.10 Å². The first-order chi connectivity index (χ1) is 21.6. The summed E-state index contributed by atoms with van der Waals surface area (Å²) in [6.45, 7) is 0. The molecule has 0 fully saturated rings. The second kappa shape index (κ2) is 11.5. The summed E-state index contributed by atoms with van der Waals surface area (Å²) in [5.74, 6) is 1.05. The molecule has 214 valence electrons. The van der Waals surface area contributed by atoms with Crippen LogP contribution in [0.4, 0.5) is 0 Å². The van der Waals surface area contributed by atoms with Crippen LogP contribution in [0.5, 0.6) is 5.75 Å². The molecule has 1 unspecified atom stereocenters. The molecular weight excluding hydrogens is 548 g/mol. The molecule has 0 N–H and O–H groups in total. The Morgan fingerprint density at radius 1 is 0.750 bits per heavy atom. The highest BCUT2D eigenvalue weighted by molar-refractivity contribution is 6.05. The van der Waals surface area contributed by atoms with Crippen LogP contribution in [0.25, 0.3) is 28.0 Å². The quantitative estimate of drug-likeness (QED) is 0.213. The van der Waals surface area contributed by atoms with Gasteiger partial charge in [0, 0.05) is 17.5 Å². The van der Waals surface area contributed by atoms with Gasteiger partial charge in [-0.1, -0.05) is 84.9 Å². The number of hydrazone groups is 1. The van der Waals surface area contributed by atoms with Gasteiger partial charge < -0.3 is 4.74 Å². The van der Waals surface area contributed by atoms with Gasteiger partial charge in [-0.15, -0.1) is 0 Å². The van der Waals surface area contributed by atoms with E-state index < -0.39 is 0 Å². The molecule has 6 aromatic rings. The number of ether oxygens (including phenoxy) is 1. The van der Waals surface area contributed by atoms with Gasteiger partial charge in [-0.3, -0.25) is 14.2 Å². The topological polar surface area (TPSA) is 76.8 Å². The van der Waals surface area contributed by atoms with Crippen LogP contribution in [0.3, 0.4) is 0 Å². The number of hydrogen-bond donors (Lipinski definition) is 0. The number of carbonyl (C=O) groups excluding carboxylic acids is 1. The van der Waals surface area contributed by atoms with Gasteiger partial charge in [0.1, 0.15) is 11.6 Å². The number of rotatable bonds is 6. The molecule has 1 amide bonds. The molecular formula is C37H28N4O3. The number of nitrogens with zero attached hydrogens (tertiary/aromatic N) is 4. The Labute approximate surface area is 254 Å². The zero-order valence-electron chi connectivity index (χ0n) is 24.0.